The third kappa shape index (κ3) is 1.73. The molecule has 0 fully saturated rings. The van der Waals surface area contributed by atoms with Crippen LogP contribution < -0.4 is 10.9 Å². The van der Waals surface area contributed by atoms with E-state index in [-0.39, 0.29) is 5.17 Å². The molecule has 5 heteroatoms. The van der Waals surface area contributed by atoms with Crippen molar-refractivity contribution < 1.29 is 0 Å². The van der Waals surface area contributed by atoms with Crippen LogP contribution in [0.5, 0.6) is 0 Å². The topological polar surface area (TPSA) is 60.3 Å². The largest absolute Gasteiger partial charge is 0.289 e. The van der Waals surface area contributed by atoms with Crippen molar-refractivity contribution in [2.45, 2.75) is 0 Å². The molecule has 0 aliphatic carbocycles. The van der Waals surface area contributed by atoms with Gasteiger partial charge in [0.2, 0.25) is 0 Å². The Balaban J connectivity index is 2.61. The molecule has 0 aromatic heterocycles. The van der Waals surface area contributed by atoms with Crippen LogP contribution in [0, 0.1) is 5.41 Å². The lowest BCUT2D eigenvalue weighted by Crippen LogP contribution is -2.21. The van der Waals surface area contributed by atoms with E-state index < -0.39 is 0 Å². The molecule has 48 valence electrons. The second-order valence-electron chi connectivity index (χ2n) is 1.41. The molecule has 0 aromatic carbocycles. The van der Waals surface area contributed by atoms with Gasteiger partial charge in [-0.2, -0.15) is 0 Å². The fourth-order valence-corrected chi connectivity index (χ4v) is 0.537. The number of allylic oxidation sites excluding steroid dienone is 1. The van der Waals surface area contributed by atoms with Crippen molar-refractivity contribution in [2.24, 2.45) is 4.99 Å². The molecule has 0 radical (unpaired) electrons. The van der Waals surface area contributed by atoms with Crippen LogP contribution in [0.15, 0.2) is 16.9 Å². The molecule has 0 saturated heterocycles. The van der Waals surface area contributed by atoms with Gasteiger partial charge in [-0.15, -0.1) is 0 Å². The molecule has 0 saturated carbocycles. The predicted molar refractivity (Wildman–Crippen MR) is 36.4 cm³/mol. The van der Waals surface area contributed by atoms with Crippen LogP contribution in [0.3, 0.4) is 0 Å². The standard InChI is InChI=1S/C4H5ClN4/c5-3(6)1-4-7-2-8-9-4/h1-2,6,9H,(H,7,8). The van der Waals surface area contributed by atoms with Crippen LogP contribution in [0.4, 0.5) is 0 Å². The van der Waals surface area contributed by atoms with Crippen molar-refractivity contribution in [1.82, 2.24) is 10.9 Å². The SMILES string of the molecule is N=C(Cl)C=C1N=CNN1. The summed E-state index contributed by atoms with van der Waals surface area (Å²) in [5.41, 5.74) is 5.26. The zero-order valence-electron chi connectivity index (χ0n) is 4.48. The summed E-state index contributed by atoms with van der Waals surface area (Å²) in [6, 6.07) is 0. The Kier molecular flexibility index (Phi) is 1.69. The summed E-state index contributed by atoms with van der Waals surface area (Å²) >= 11 is 5.22. The zero-order valence-corrected chi connectivity index (χ0v) is 5.24. The minimum atomic E-state index is -0.0432. The molecule has 9 heavy (non-hydrogen) atoms. The average Bonchev–Trinajstić information content (AvgIpc) is 2.15. The van der Waals surface area contributed by atoms with Gasteiger partial charge in [-0.1, -0.05) is 11.6 Å². The number of hydrogen-bond acceptors (Lipinski definition) is 4. The molecular formula is C4H5ClN4. The third-order valence-corrected chi connectivity index (χ3v) is 0.841. The summed E-state index contributed by atoms with van der Waals surface area (Å²) in [5.74, 6) is 0.551. The van der Waals surface area contributed by atoms with Gasteiger partial charge in [0.1, 0.15) is 17.3 Å². The summed E-state index contributed by atoms with van der Waals surface area (Å²) in [7, 11) is 0. The normalized spacial score (nSPS) is 19.4. The third-order valence-electron chi connectivity index (χ3n) is 0.732. The number of nitrogens with zero attached hydrogens (tertiary/aromatic N) is 1. The lowest BCUT2D eigenvalue weighted by atomic mass is 10.6. The zero-order chi connectivity index (χ0) is 6.69. The molecule has 1 rings (SSSR count). The summed E-state index contributed by atoms with van der Waals surface area (Å²) in [6.45, 7) is 0. The summed E-state index contributed by atoms with van der Waals surface area (Å²) in [4.78, 5) is 3.76. The van der Waals surface area contributed by atoms with E-state index in [1.807, 2.05) is 0 Å². The van der Waals surface area contributed by atoms with Crippen LogP contribution in [0.2, 0.25) is 0 Å². The Hall–Kier alpha value is -1.03. The fourth-order valence-electron chi connectivity index (χ4n) is 0.434. The maximum atomic E-state index is 6.81. The predicted octanol–water partition coefficient (Wildman–Crippen LogP) is 0.180. The van der Waals surface area contributed by atoms with E-state index in [1.165, 1.54) is 12.4 Å². The van der Waals surface area contributed by atoms with Gasteiger partial charge in [-0.25, -0.2) is 4.99 Å². The highest BCUT2D eigenvalue weighted by Gasteiger charge is 1.96. The second-order valence-corrected chi connectivity index (χ2v) is 1.81. The monoisotopic (exact) mass is 144 g/mol. The first-order chi connectivity index (χ1) is 4.29. The number of halogens is 1. The van der Waals surface area contributed by atoms with Crippen molar-refractivity contribution in [3.63, 3.8) is 0 Å². The quantitative estimate of drug-likeness (QED) is 0.460. The molecule has 1 aliphatic rings. The van der Waals surface area contributed by atoms with Gasteiger partial charge in [0.15, 0.2) is 0 Å². The van der Waals surface area contributed by atoms with Gasteiger partial charge in [0, 0.05) is 6.08 Å². The molecule has 0 spiro atoms. The van der Waals surface area contributed by atoms with E-state index in [1.54, 1.807) is 0 Å². The van der Waals surface area contributed by atoms with E-state index in [9.17, 15) is 0 Å². The highest BCUT2D eigenvalue weighted by atomic mass is 35.5. The number of hydrazine groups is 1. The van der Waals surface area contributed by atoms with Crippen molar-refractivity contribution >= 4 is 23.1 Å². The van der Waals surface area contributed by atoms with Gasteiger partial charge in [-0.3, -0.25) is 16.3 Å². The van der Waals surface area contributed by atoms with Crippen molar-refractivity contribution in [2.75, 3.05) is 0 Å². The van der Waals surface area contributed by atoms with Crippen molar-refractivity contribution in [1.29, 1.82) is 5.41 Å². The van der Waals surface area contributed by atoms with Gasteiger partial charge in [0.05, 0.1) is 0 Å². The molecule has 0 bridgehead atoms. The van der Waals surface area contributed by atoms with Gasteiger partial charge < -0.3 is 0 Å². The maximum absolute atomic E-state index is 6.81. The molecule has 0 unspecified atom stereocenters. The van der Waals surface area contributed by atoms with Crippen LogP contribution in [-0.4, -0.2) is 11.5 Å². The van der Waals surface area contributed by atoms with E-state index in [0.717, 1.165) is 0 Å². The van der Waals surface area contributed by atoms with E-state index >= 15 is 0 Å². The number of aliphatic imine (C=N–C) groups is 1. The van der Waals surface area contributed by atoms with Gasteiger partial charge in [0.25, 0.3) is 0 Å². The van der Waals surface area contributed by atoms with Gasteiger partial charge in [-0.05, 0) is 0 Å². The molecule has 1 heterocycles. The maximum Gasteiger partial charge on any atom is 0.149 e. The van der Waals surface area contributed by atoms with E-state index in [2.05, 4.69) is 15.8 Å². The second kappa shape index (κ2) is 2.50. The van der Waals surface area contributed by atoms with E-state index in [4.69, 9.17) is 17.0 Å². The first-order valence-electron chi connectivity index (χ1n) is 2.29. The number of hydrogen-bond donors (Lipinski definition) is 3. The Morgan fingerprint density at radius 1 is 1.89 bits per heavy atom. The Morgan fingerprint density at radius 2 is 2.67 bits per heavy atom. The minimum Gasteiger partial charge on any atom is -0.289 e. The summed E-state index contributed by atoms with van der Waals surface area (Å²) in [6.07, 6.45) is 2.88. The smallest absolute Gasteiger partial charge is 0.149 e. The highest BCUT2D eigenvalue weighted by Crippen LogP contribution is 1.94. The molecule has 0 amide bonds. The Morgan fingerprint density at radius 3 is 3.11 bits per heavy atom. The van der Waals surface area contributed by atoms with Crippen LogP contribution in [0.25, 0.3) is 0 Å². The van der Waals surface area contributed by atoms with Crippen molar-refractivity contribution in [3.05, 3.63) is 11.9 Å². The summed E-state index contributed by atoms with van der Waals surface area (Å²) < 4.78 is 0. The van der Waals surface area contributed by atoms with Gasteiger partial charge >= 0.3 is 0 Å². The first-order valence-corrected chi connectivity index (χ1v) is 2.66. The van der Waals surface area contributed by atoms with Crippen LogP contribution in [0.1, 0.15) is 0 Å². The van der Waals surface area contributed by atoms with Crippen LogP contribution >= 0.6 is 11.6 Å². The number of rotatable bonds is 1. The lowest BCUT2D eigenvalue weighted by molar-refractivity contribution is 0.818. The molecule has 3 N–H and O–H groups in total. The Labute approximate surface area is 57.1 Å². The number of nitrogens with one attached hydrogen (secondary N) is 3. The molecule has 0 atom stereocenters. The molecule has 0 aromatic rings. The van der Waals surface area contributed by atoms with Crippen LogP contribution in [-0.2, 0) is 0 Å². The molecule has 1 aliphatic heterocycles. The Bertz CT molecular complexity index is 183. The first kappa shape index (κ1) is 6.10. The summed E-state index contributed by atoms with van der Waals surface area (Å²) in [5, 5.41) is 6.76. The molecule has 4 nitrogen and oxygen atoms in total. The van der Waals surface area contributed by atoms with Crippen molar-refractivity contribution in [3.8, 4) is 0 Å². The fraction of sp³-hybridized carbons (Fsp3) is 0. The average molecular weight is 145 g/mol. The molecular weight excluding hydrogens is 140 g/mol. The highest BCUT2D eigenvalue weighted by molar-refractivity contribution is 6.67. The minimum absolute atomic E-state index is 0.0432. The lowest BCUT2D eigenvalue weighted by Gasteiger charge is -1.92. The van der Waals surface area contributed by atoms with E-state index in [0.29, 0.717) is 5.82 Å².